The van der Waals surface area contributed by atoms with Crippen LogP contribution in [0.2, 0.25) is 0 Å². The minimum Gasteiger partial charge on any atom is -0.469 e. The molecule has 1 amide bonds. The SMILES string of the molecule is C/C=C(/C)c1ccccc1CCNC(=O)c1cc(C2CC2)c2nc(-c3ccc(N4CC(C(=O)OC)C4)cc3F)cn2c1. The molecule has 7 nitrogen and oxygen atoms in total. The van der Waals surface area contributed by atoms with Gasteiger partial charge >= 0.3 is 5.97 Å². The van der Waals surface area contributed by atoms with Crippen molar-refractivity contribution in [2.75, 3.05) is 31.6 Å². The molecule has 42 heavy (non-hydrogen) atoms. The molecular weight excluding hydrogens is 531 g/mol. The van der Waals surface area contributed by atoms with Crippen molar-refractivity contribution in [2.24, 2.45) is 5.92 Å². The zero-order valence-electron chi connectivity index (χ0n) is 24.2. The lowest BCUT2D eigenvalue weighted by molar-refractivity contribution is -0.146. The number of carbonyl (C=O) groups is 2. The Morgan fingerprint density at radius 2 is 1.90 bits per heavy atom. The van der Waals surface area contributed by atoms with Crippen LogP contribution in [0.25, 0.3) is 22.5 Å². The quantitative estimate of drug-likeness (QED) is 0.251. The third-order valence-electron chi connectivity index (χ3n) is 8.42. The maximum atomic E-state index is 15.3. The smallest absolute Gasteiger partial charge is 0.312 e. The number of nitrogens with zero attached hydrogens (tertiary/aromatic N) is 3. The highest BCUT2D eigenvalue weighted by molar-refractivity contribution is 5.94. The van der Waals surface area contributed by atoms with E-state index in [4.69, 9.17) is 9.72 Å². The lowest BCUT2D eigenvalue weighted by Gasteiger charge is -2.39. The number of benzene rings is 2. The number of anilines is 1. The van der Waals surface area contributed by atoms with Crippen LogP contribution in [0, 0.1) is 11.7 Å². The van der Waals surface area contributed by atoms with Gasteiger partial charge in [0.25, 0.3) is 5.91 Å². The van der Waals surface area contributed by atoms with Crippen LogP contribution in [0.4, 0.5) is 10.1 Å². The molecule has 2 aromatic heterocycles. The summed E-state index contributed by atoms with van der Waals surface area (Å²) in [6.45, 7) is 5.67. The Morgan fingerprint density at radius 3 is 2.62 bits per heavy atom. The third-order valence-corrected chi connectivity index (χ3v) is 8.42. The Morgan fingerprint density at radius 1 is 1.12 bits per heavy atom. The van der Waals surface area contributed by atoms with E-state index in [1.54, 1.807) is 18.5 Å². The lowest BCUT2D eigenvalue weighted by Crippen LogP contribution is -2.50. The topological polar surface area (TPSA) is 75.9 Å². The molecule has 1 aliphatic carbocycles. The standard InChI is InChI=1S/C34H35FN4O3/c1-4-21(2)27-8-6-5-7-22(27)13-14-36-33(40)24-15-29(23-9-10-23)32-37-31(20-39(32)17-24)28-12-11-26(16-30(28)35)38-18-25(19-38)34(41)42-3/h4-8,11-12,15-17,20,23,25H,9-10,13-14,18-19H2,1-3H3,(H,36,40)/b21-4-. The number of carbonyl (C=O) groups excluding carboxylic acids is 2. The van der Waals surface area contributed by atoms with Crippen molar-refractivity contribution in [2.45, 2.75) is 39.0 Å². The Balaban J connectivity index is 1.20. The van der Waals surface area contributed by atoms with Crippen LogP contribution in [-0.2, 0) is 16.0 Å². The predicted molar refractivity (Wildman–Crippen MR) is 162 cm³/mol. The fourth-order valence-corrected chi connectivity index (χ4v) is 5.68. The van der Waals surface area contributed by atoms with Crippen LogP contribution in [0.3, 0.4) is 0 Å². The normalized spacial score (nSPS) is 15.5. The number of amides is 1. The van der Waals surface area contributed by atoms with Gasteiger partial charge in [-0.1, -0.05) is 30.3 Å². The van der Waals surface area contributed by atoms with Crippen LogP contribution in [0.5, 0.6) is 0 Å². The minimum absolute atomic E-state index is 0.135. The average molecular weight is 567 g/mol. The van der Waals surface area contributed by atoms with Gasteiger partial charge in [0.15, 0.2) is 0 Å². The summed E-state index contributed by atoms with van der Waals surface area (Å²) < 4.78 is 22.0. The predicted octanol–water partition coefficient (Wildman–Crippen LogP) is 6.02. The number of fused-ring (bicyclic) bond motifs is 1. The van der Waals surface area contributed by atoms with Crippen molar-refractivity contribution in [1.82, 2.24) is 14.7 Å². The number of rotatable bonds is 9. The van der Waals surface area contributed by atoms with Crippen LogP contribution in [0.1, 0.15) is 59.7 Å². The summed E-state index contributed by atoms with van der Waals surface area (Å²) in [7, 11) is 1.38. The number of methoxy groups -OCH3 is 1. The maximum Gasteiger partial charge on any atom is 0.312 e. The second-order valence-corrected chi connectivity index (χ2v) is 11.2. The van der Waals surface area contributed by atoms with E-state index in [-0.39, 0.29) is 23.6 Å². The molecule has 2 fully saturated rings. The Labute approximate surface area is 245 Å². The summed E-state index contributed by atoms with van der Waals surface area (Å²) >= 11 is 0. The van der Waals surface area contributed by atoms with Gasteiger partial charge in [0.2, 0.25) is 0 Å². The van der Waals surface area contributed by atoms with Gasteiger partial charge in [0.1, 0.15) is 11.5 Å². The summed E-state index contributed by atoms with van der Waals surface area (Å²) in [5.74, 6) is -0.576. The molecule has 8 heteroatoms. The van der Waals surface area contributed by atoms with Crippen LogP contribution in [0.15, 0.2) is 67.0 Å². The van der Waals surface area contributed by atoms with Gasteiger partial charge in [-0.15, -0.1) is 0 Å². The molecule has 0 atom stereocenters. The number of esters is 1. The van der Waals surface area contributed by atoms with E-state index < -0.39 is 0 Å². The Bertz CT molecular complexity index is 1700. The van der Waals surface area contributed by atoms with E-state index in [1.807, 2.05) is 40.5 Å². The molecule has 0 radical (unpaired) electrons. The van der Waals surface area contributed by atoms with Crippen LogP contribution in [-0.4, -0.2) is 48.0 Å². The number of pyridine rings is 1. The van der Waals surface area contributed by atoms with Gasteiger partial charge in [0, 0.05) is 43.3 Å². The molecule has 216 valence electrons. The molecule has 1 aliphatic heterocycles. The first-order chi connectivity index (χ1) is 20.4. The maximum absolute atomic E-state index is 15.3. The summed E-state index contributed by atoms with van der Waals surface area (Å²) in [6, 6.07) is 15.3. The van der Waals surface area contributed by atoms with Crippen molar-refractivity contribution >= 4 is 28.8 Å². The van der Waals surface area contributed by atoms with Crippen LogP contribution >= 0.6 is 0 Å². The molecular formula is C34H35FN4O3. The van der Waals surface area contributed by atoms with E-state index in [1.165, 1.54) is 29.9 Å². The largest absolute Gasteiger partial charge is 0.469 e. The monoisotopic (exact) mass is 566 g/mol. The van der Waals surface area contributed by atoms with Crippen molar-refractivity contribution in [3.8, 4) is 11.3 Å². The highest BCUT2D eigenvalue weighted by atomic mass is 19.1. The fraction of sp³-hybridized carbons (Fsp3) is 0.324. The van der Waals surface area contributed by atoms with Gasteiger partial charge in [-0.2, -0.15) is 0 Å². The van der Waals surface area contributed by atoms with Crippen molar-refractivity contribution in [3.05, 3.63) is 95.1 Å². The first-order valence-electron chi connectivity index (χ1n) is 14.5. The lowest BCUT2D eigenvalue weighted by atomic mass is 9.98. The number of hydrogen-bond acceptors (Lipinski definition) is 5. The van der Waals surface area contributed by atoms with E-state index in [9.17, 15) is 9.59 Å². The van der Waals surface area contributed by atoms with Crippen molar-refractivity contribution in [1.29, 1.82) is 0 Å². The summed E-state index contributed by atoms with van der Waals surface area (Å²) in [4.78, 5) is 31.7. The van der Waals surface area contributed by atoms with Gasteiger partial charge in [-0.3, -0.25) is 9.59 Å². The molecule has 4 aromatic rings. The summed E-state index contributed by atoms with van der Waals surface area (Å²) in [6.07, 6.45) is 8.51. The number of aromatic nitrogens is 2. The number of halogens is 1. The summed E-state index contributed by atoms with van der Waals surface area (Å²) in [5, 5.41) is 3.09. The number of hydrogen-bond donors (Lipinski definition) is 1. The van der Waals surface area contributed by atoms with Gasteiger partial charge in [-0.25, -0.2) is 9.37 Å². The molecule has 6 rings (SSSR count). The zero-order chi connectivity index (χ0) is 29.4. The second-order valence-electron chi connectivity index (χ2n) is 11.2. The zero-order valence-corrected chi connectivity index (χ0v) is 24.2. The second kappa shape index (κ2) is 11.4. The first kappa shape index (κ1) is 27.7. The fourth-order valence-electron chi connectivity index (χ4n) is 5.68. The molecule has 2 aliphatic rings. The van der Waals surface area contributed by atoms with Gasteiger partial charge in [-0.05, 0) is 85.6 Å². The van der Waals surface area contributed by atoms with Gasteiger partial charge < -0.3 is 19.4 Å². The molecule has 2 aromatic carbocycles. The Hall–Kier alpha value is -4.46. The number of nitrogens with one attached hydrogen (secondary N) is 1. The van der Waals surface area contributed by atoms with Crippen molar-refractivity contribution < 1.29 is 18.7 Å². The van der Waals surface area contributed by atoms with E-state index >= 15 is 4.39 Å². The number of imidazole rings is 1. The molecule has 0 bridgehead atoms. The van der Waals surface area contributed by atoms with Crippen LogP contribution < -0.4 is 10.2 Å². The van der Waals surface area contributed by atoms with E-state index in [0.29, 0.717) is 42.4 Å². The Kier molecular flexibility index (Phi) is 7.54. The highest BCUT2D eigenvalue weighted by Gasteiger charge is 2.34. The van der Waals surface area contributed by atoms with E-state index in [2.05, 4.69) is 30.4 Å². The van der Waals surface area contributed by atoms with Crippen molar-refractivity contribution in [3.63, 3.8) is 0 Å². The van der Waals surface area contributed by atoms with Gasteiger partial charge in [0.05, 0.1) is 24.3 Å². The first-order valence-corrected chi connectivity index (χ1v) is 14.5. The molecule has 0 spiro atoms. The molecule has 0 unspecified atom stereocenters. The number of allylic oxidation sites excluding steroid dienone is 2. The third kappa shape index (κ3) is 5.41. The minimum atomic E-state index is -0.378. The number of ether oxygens (including phenoxy) is 1. The molecule has 1 saturated carbocycles. The molecule has 1 N–H and O–H groups in total. The average Bonchev–Trinajstić information content (AvgIpc) is 3.73. The summed E-state index contributed by atoms with van der Waals surface area (Å²) in [5.41, 5.74) is 7.61. The molecule has 1 saturated heterocycles. The highest BCUT2D eigenvalue weighted by Crippen LogP contribution is 2.42. The molecule has 3 heterocycles. The van der Waals surface area contributed by atoms with E-state index in [0.717, 1.165) is 36.2 Å².